The minimum absolute atomic E-state index is 0.0849. The number of hydrogen-bond donors (Lipinski definition) is 0. The quantitative estimate of drug-likeness (QED) is 0.221. The Hall–Kier alpha value is -3.82. The lowest BCUT2D eigenvalue weighted by molar-refractivity contribution is 0.632. The van der Waals surface area contributed by atoms with Gasteiger partial charge in [0.2, 0.25) is 0 Å². The maximum absolute atomic E-state index is 6.37. The molecule has 0 aliphatic carbocycles. The first-order valence-corrected chi connectivity index (χ1v) is 13.0. The van der Waals surface area contributed by atoms with Crippen LogP contribution in [0.3, 0.4) is 0 Å². The van der Waals surface area contributed by atoms with Crippen LogP contribution in [0.15, 0.2) is 118 Å². The van der Waals surface area contributed by atoms with Crippen molar-refractivity contribution in [3.05, 3.63) is 125 Å². The fourth-order valence-electron chi connectivity index (χ4n) is 5.78. The largest absolute Gasteiger partial charge is 0.455 e. The summed E-state index contributed by atoms with van der Waals surface area (Å²) < 4.78 is 7.40. The highest BCUT2D eigenvalue weighted by atomic mass is 79.9. The lowest BCUT2D eigenvalue weighted by atomic mass is 9.73. The molecule has 0 unspecified atom stereocenters. The van der Waals surface area contributed by atoms with Crippen LogP contribution in [-0.4, -0.2) is 0 Å². The fourth-order valence-corrected chi connectivity index (χ4v) is 6.26. The zero-order valence-electron chi connectivity index (χ0n) is 20.1. The lowest BCUT2D eigenvalue weighted by Crippen LogP contribution is -2.30. The molecular formula is C33H24BrNO. The van der Waals surface area contributed by atoms with E-state index < -0.39 is 0 Å². The van der Waals surface area contributed by atoms with Gasteiger partial charge in [0.05, 0.1) is 11.4 Å². The van der Waals surface area contributed by atoms with E-state index in [1.165, 1.54) is 22.5 Å². The van der Waals surface area contributed by atoms with Crippen LogP contribution in [-0.2, 0) is 5.41 Å². The molecule has 0 atom stereocenters. The molecule has 2 nitrogen and oxygen atoms in total. The molecule has 1 aliphatic rings. The van der Waals surface area contributed by atoms with Crippen LogP contribution in [0.5, 0.6) is 0 Å². The number of benzene rings is 5. The number of fused-ring (bicyclic) bond motifs is 5. The second-order valence-electron chi connectivity index (χ2n) is 9.97. The van der Waals surface area contributed by atoms with E-state index in [1.807, 2.05) is 12.1 Å². The number of furan rings is 1. The van der Waals surface area contributed by atoms with Crippen molar-refractivity contribution in [3.8, 4) is 11.1 Å². The summed E-state index contributed by atoms with van der Waals surface area (Å²) in [6, 6.07) is 38.8. The first kappa shape index (κ1) is 21.5. The highest BCUT2D eigenvalue weighted by Crippen LogP contribution is 2.52. The molecule has 0 fully saturated rings. The Labute approximate surface area is 218 Å². The predicted octanol–water partition coefficient (Wildman–Crippen LogP) is 10.1. The minimum atomic E-state index is -0.0849. The Bertz CT molecular complexity index is 1750. The number of rotatable bonds is 2. The maximum Gasteiger partial charge on any atom is 0.143 e. The monoisotopic (exact) mass is 529 g/mol. The van der Waals surface area contributed by atoms with Gasteiger partial charge in [0, 0.05) is 31.9 Å². The van der Waals surface area contributed by atoms with E-state index in [4.69, 9.17) is 4.42 Å². The van der Waals surface area contributed by atoms with Gasteiger partial charge in [-0.15, -0.1) is 0 Å². The van der Waals surface area contributed by atoms with E-state index in [9.17, 15) is 0 Å². The van der Waals surface area contributed by atoms with Gasteiger partial charge < -0.3 is 9.32 Å². The summed E-state index contributed by atoms with van der Waals surface area (Å²) in [7, 11) is 0. The molecule has 3 heteroatoms. The molecule has 6 aromatic rings. The molecule has 36 heavy (non-hydrogen) atoms. The van der Waals surface area contributed by atoms with Crippen LogP contribution in [0.2, 0.25) is 0 Å². The highest BCUT2D eigenvalue weighted by molar-refractivity contribution is 9.10. The van der Waals surface area contributed by atoms with Crippen molar-refractivity contribution in [2.24, 2.45) is 0 Å². The Kier molecular flexibility index (Phi) is 4.67. The van der Waals surface area contributed by atoms with E-state index in [0.717, 1.165) is 43.2 Å². The number of anilines is 3. The minimum Gasteiger partial charge on any atom is -0.455 e. The van der Waals surface area contributed by atoms with Crippen LogP contribution in [0.25, 0.3) is 33.1 Å². The first-order valence-electron chi connectivity index (χ1n) is 12.2. The van der Waals surface area contributed by atoms with E-state index in [2.05, 4.69) is 132 Å². The van der Waals surface area contributed by atoms with Crippen molar-refractivity contribution in [1.29, 1.82) is 0 Å². The third-order valence-corrected chi connectivity index (χ3v) is 7.95. The van der Waals surface area contributed by atoms with Crippen molar-refractivity contribution in [1.82, 2.24) is 0 Å². The third-order valence-electron chi connectivity index (χ3n) is 7.49. The molecule has 0 saturated carbocycles. The summed E-state index contributed by atoms with van der Waals surface area (Å²) in [6.07, 6.45) is 0. The number of para-hydroxylation sites is 4. The predicted molar refractivity (Wildman–Crippen MR) is 154 cm³/mol. The topological polar surface area (TPSA) is 16.4 Å². The lowest BCUT2D eigenvalue weighted by Gasteiger charge is -2.42. The van der Waals surface area contributed by atoms with Gasteiger partial charge in [-0.2, -0.15) is 0 Å². The van der Waals surface area contributed by atoms with Gasteiger partial charge in [-0.1, -0.05) is 103 Å². The SMILES string of the molecule is CC1(C)c2ccccc2N(c2cc(Br)cc(-c3cccc4c3oc3ccccc34)c2)c2ccccc21. The van der Waals surface area contributed by atoms with Crippen molar-refractivity contribution in [2.75, 3.05) is 4.90 Å². The van der Waals surface area contributed by atoms with Gasteiger partial charge in [-0.25, -0.2) is 0 Å². The smallest absolute Gasteiger partial charge is 0.143 e. The van der Waals surface area contributed by atoms with Gasteiger partial charge in [0.1, 0.15) is 11.2 Å². The molecule has 7 rings (SSSR count). The molecular weight excluding hydrogens is 506 g/mol. The molecule has 1 aliphatic heterocycles. The van der Waals surface area contributed by atoms with Gasteiger partial charge >= 0.3 is 0 Å². The molecule has 0 radical (unpaired) electrons. The Morgan fingerprint density at radius 2 is 1.31 bits per heavy atom. The van der Waals surface area contributed by atoms with E-state index in [0.29, 0.717) is 0 Å². The average molecular weight is 530 g/mol. The standard InChI is InChI=1S/C33H24BrNO/c1-33(2)27-13-4-6-15-29(27)35(30-16-7-5-14-28(30)33)23-19-21(18-22(34)20-23)24-11-9-12-26-25-10-3-8-17-31(25)36-32(24)26/h3-20H,1-2H3. The molecule has 1 aromatic heterocycles. The molecule has 0 N–H and O–H groups in total. The van der Waals surface area contributed by atoms with Crippen LogP contribution >= 0.6 is 15.9 Å². The number of hydrogen-bond acceptors (Lipinski definition) is 2. The molecule has 2 heterocycles. The van der Waals surface area contributed by atoms with E-state index in [1.54, 1.807) is 0 Å². The van der Waals surface area contributed by atoms with Crippen molar-refractivity contribution < 1.29 is 4.42 Å². The summed E-state index contributed by atoms with van der Waals surface area (Å²) in [5.74, 6) is 0. The third kappa shape index (κ3) is 3.09. The van der Waals surface area contributed by atoms with Crippen molar-refractivity contribution in [3.63, 3.8) is 0 Å². The zero-order valence-corrected chi connectivity index (χ0v) is 21.7. The fraction of sp³-hybridized carbons (Fsp3) is 0.0909. The van der Waals surface area contributed by atoms with Crippen LogP contribution in [0.4, 0.5) is 17.1 Å². The summed E-state index contributed by atoms with van der Waals surface area (Å²) >= 11 is 3.82. The molecule has 0 bridgehead atoms. The van der Waals surface area contributed by atoms with Gasteiger partial charge in [-0.3, -0.25) is 0 Å². The van der Waals surface area contributed by atoms with Crippen LogP contribution < -0.4 is 4.90 Å². The number of nitrogens with zero attached hydrogens (tertiary/aromatic N) is 1. The second-order valence-corrected chi connectivity index (χ2v) is 10.9. The zero-order chi connectivity index (χ0) is 24.4. The van der Waals surface area contributed by atoms with Gasteiger partial charge in [0.25, 0.3) is 0 Å². The molecule has 0 amide bonds. The van der Waals surface area contributed by atoms with Crippen LogP contribution in [0, 0.1) is 0 Å². The summed E-state index contributed by atoms with van der Waals surface area (Å²) in [6.45, 7) is 4.63. The summed E-state index contributed by atoms with van der Waals surface area (Å²) in [4.78, 5) is 2.39. The number of halogens is 1. The second kappa shape index (κ2) is 7.84. The molecule has 174 valence electrons. The maximum atomic E-state index is 6.37. The Morgan fingerprint density at radius 1 is 0.667 bits per heavy atom. The summed E-state index contributed by atoms with van der Waals surface area (Å²) in [5.41, 5.74) is 10.1. The Morgan fingerprint density at radius 3 is 2.06 bits per heavy atom. The Balaban J connectivity index is 1.48. The van der Waals surface area contributed by atoms with Crippen molar-refractivity contribution in [2.45, 2.75) is 19.3 Å². The first-order chi connectivity index (χ1) is 17.5. The average Bonchev–Trinajstić information content (AvgIpc) is 3.28. The molecule has 0 saturated heterocycles. The summed E-state index contributed by atoms with van der Waals surface area (Å²) in [5, 5.41) is 2.28. The van der Waals surface area contributed by atoms with E-state index in [-0.39, 0.29) is 5.41 Å². The molecule has 5 aromatic carbocycles. The normalized spacial score (nSPS) is 14.1. The molecule has 0 spiro atoms. The van der Waals surface area contributed by atoms with E-state index >= 15 is 0 Å². The van der Waals surface area contributed by atoms with Crippen molar-refractivity contribution >= 4 is 54.9 Å². The highest BCUT2D eigenvalue weighted by Gasteiger charge is 2.36. The van der Waals surface area contributed by atoms with Crippen LogP contribution in [0.1, 0.15) is 25.0 Å². The van der Waals surface area contributed by atoms with Gasteiger partial charge in [0.15, 0.2) is 0 Å². The van der Waals surface area contributed by atoms with Gasteiger partial charge in [-0.05, 0) is 53.1 Å².